The van der Waals surface area contributed by atoms with Crippen LogP contribution in [0.2, 0.25) is 0 Å². The average Bonchev–Trinajstić information content (AvgIpc) is 2.74. The predicted molar refractivity (Wildman–Crippen MR) is 88.0 cm³/mol. The Kier molecular flexibility index (Phi) is 6.59. The van der Waals surface area contributed by atoms with E-state index in [4.69, 9.17) is 0 Å². The summed E-state index contributed by atoms with van der Waals surface area (Å²) >= 11 is 0. The molecule has 0 amide bonds. The molecule has 1 nitrogen and oxygen atoms in total. The lowest BCUT2D eigenvalue weighted by Crippen LogP contribution is -2.28. The maximum Gasteiger partial charge on any atom is 0.0348 e. The standard InChI is InChI=1S/C19H31N/c1-3-10-16-11-9-14-18(15-16)19(20-4-2)17-12-7-5-6-8-13-17/h9,11,14-15,17,19-20H,3-8,10,12-13H2,1-2H3. The van der Waals surface area contributed by atoms with Gasteiger partial charge in [-0.3, -0.25) is 0 Å². The zero-order valence-electron chi connectivity index (χ0n) is 13.3. The molecule has 1 atom stereocenters. The first kappa shape index (κ1) is 15.6. The summed E-state index contributed by atoms with van der Waals surface area (Å²) in [4.78, 5) is 0. The van der Waals surface area contributed by atoms with Crippen molar-refractivity contribution >= 4 is 0 Å². The van der Waals surface area contributed by atoms with Crippen LogP contribution in [-0.4, -0.2) is 6.54 Å². The topological polar surface area (TPSA) is 12.0 Å². The van der Waals surface area contributed by atoms with Crippen LogP contribution < -0.4 is 5.32 Å². The van der Waals surface area contributed by atoms with E-state index in [2.05, 4.69) is 43.4 Å². The highest BCUT2D eigenvalue weighted by atomic mass is 14.9. The van der Waals surface area contributed by atoms with Crippen LogP contribution in [0.15, 0.2) is 24.3 Å². The minimum absolute atomic E-state index is 0.565. The lowest BCUT2D eigenvalue weighted by atomic mass is 9.86. The Morgan fingerprint density at radius 3 is 2.50 bits per heavy atom. The van der Waals surface area contributed by atoms with Gasteiger partial charge in [0.1, 0.15) is 0 Å². The zero-order chi connectivity index (χ0) is 14.2. The maximum atomic E-state index is 3.77. The van der Waals surface area contributed by atoms with Crippen molar-refractivity contribution in [3.63, 3.8) is 0 Å². The van der Waals surface area contributed by atoms with Crippen molar-refractivity contribution in [2.24, 2.45) is 5.92 Å². The number of hydrogen-bond acceptors (Lipinski definition) is 1. The summed E-state index contributed by atoms with van der Waals surface area (Å²) in [7, 11) is 0. The fourth-order valence-electron chi connectivity index (χ4n) is 3.65. The minimum Gasteiger partial charge on any atom is -0.310 e. The van der Waals surface area contributed by atoms with Gasteiger partial charge < -0.3 is 5.32 Å². The highest BCUT2D eigenvalue weighted by Crippen LogP contribution is 2.33. The fraction of sp³-hybridized carbons (Fsp3) is 0.684. The van der Waals surface area contributed by atoms with Gasteiger partial charge in [-0.15, -0.1) is 0 Å². The van der Waals surface area contributed by atoms with Gasteiger partial charge in [-0.25, -0.2) is 0 Å². The summed E-state index contributed by atoms with van der Waals surface area (Å²) in [6.45, 7) is 5.57. The Bertz CT molecular complexity index is 377. The molecule has 2 rings (SSSR count). The van der Waals surface area contributed by atoms with E-state index in [1.165, 1.54) is 62.5 Å². The Morgan fingerprint density at radius 2 is 1.85 bits per heavy atom. The first-order valence-corrected chi connectivity index (χ1v) is 8.67. The monoisotopic (exact) mass is 273 g/mol. The van der Waals surface area contributed by atoms with Gasteiger partial charge in [0.25, 0.3) is 0 Å². The molecule has 1 unspecified atom stereocenters. The smallest absolute Gasteiger partial charge is 0.0348 e. The van der Waals surface area contributed by atoms with Crippen molar-refractivity contribution in [2.75, 3.05) is 6.54 Å². The van der Waals surface area contributed by atoms with Crippen LogP contribution >= 0.6 is 0 Å². The summed E-state index contributed by atoms with van der Waals surface area (Å²) in [6, 6.07) is 9.87. The van der Waals surface area contributed by atoms with Gasteiger partial charge >= 0.3 is 0 Å². The molecule has 1 fully saturated rings. The van der Waals surface area contributed by atoms with E-state index in [1.54, 1.807) is 0 Å². The van der Waals surface area contributed by atoms with Gasteiger partial charge in [0.05, 0.1) is 0 Å². The molecule has 0 aliphatic heterocycles. The molecule has 0 bridgehead atoms. The van der Waals surface area contributed by atoms with Crippen LogP contribution in [0.1, 0.15) is 76.0 Å². The molecule has 0 aromatic heterocycles. The van der Waals surface area contributed by atoms with Gasteiger partial charge in [0.2, 0.25) is 0 Å². The molecule has 1 aromatic carbocycles. The van der Waals surface area contributed by atoms with Gasteiger partial charge in [-0.1, -0.05) is 70.2 Å². The molecule has 1 aromatic rings. The highest BCUT2D eigenvalue weighted by molar-refractivity contribution is 5.27. The van der Waals surface area contributed by atoms with Crippen LogP contribution in [0.3, 0.4) is 0 Å². The van der Waals surface area contributed by atoms with Gasteiger partial charge in [-0.05, 0) is 42.9 Å². The molecule has 1 heteroatoms. The SMILES string of the molecule is CCCc1cccc(C(NCC)C2CCCCCC2)c1. The van der Waals surface area contributed by atoms with E-state index >= 15 is 0 Å². The lowest BCUT2D eigenvalue weighted by Gasteiger charge is -2.28. The molecule has 1 saturated carbocycles. The zero-order valence-corrected chi connectivity index (χ0v) is 13.3. The van der Waals surface area contributed by atoms with Crippen LogP contribution in [0.25, 0.3) is 0 Å². The Balaban J connectivity index is 2.15. The first-order chi connectivity index (χ1) is 9.85. The molecule has 112 valence electrons. The number of aryl methyl sites for hydroxylation is 1. The summed E-state index contributed by atoms with van der Waals surface area (Å²) < 4.78 is 0. The molecule has 20 heavy (non-hydrogen) atoms. The quantitative estimate of drug-likeness (QED) is 0.697. The second-order valence-corrected chi connectivity index (χ2v) is 6.28. The van der Waals surface area contributed by atoms with Crippen molar-refractivity contribution in [1.82, 2.24) is 5.32 Å². The van der Waals surface area contributed by atoms with Gasteiger partial charge in [0, 0.05) is 6.04 Å². The number of benzene rings is 1. The fourth-order valence-corrected chi connectivity index (χ4v) is 3.65. The summed E-state index contributed by atoms with van der Waals surface area (Å²) in [5.74, 6) is 0.828. The Labute approximate surface area is 125 Å². The van der Waals surface area contributed by atoms with E-state index < -0.39 is 0 Å². The summed E-state index contributed by atoms with van der Waals surface area (Å²) in [5.41, 5.74) is 3.02. The van der Waals surface area contributed by atoms with Gasteiger partial charge in [-0.2, -0.15) is 0 Å². The van der Waals surface area contributed by atoms with Crippen LogP contribution in [0, 0.1) is 5.92 Å². The largest absolute Gasteiger partial charge is 0.310 e. The summed E-state index contributed by atoms with van der Waals surface area (Å²) in [5, 5.41) is 3.77. The highest BCUT2D eigenvalue weighted by Gasteiger charge is 2.23. The third-order valence-electron chi connectivity index (χ3n) is 4.64. The Hall–Kier alpha value is -0.820. The van der Waals surface area contributed by atoms with E-state index in [0.29, 0.717) is 6.04 Å². The maximum absolute atomic E-state index is 3.77. The average molecular weight is 273 g/mol. The lowest BCUT2D eigenvalue weighted by molar-refractivity contribution is 0.330. The number of hydrogen-bond donors (Lipinski definition) is 1. The molecule has 1 aliphatic rings. The predicted octanol–water partition coefficient (Wildman–Crippen LogP) is 5.26. The normalized spacial score (nSPS) is 18.7. The van der Waals surface area contributed by atoms with E-state index in [9.17, 15) is 0 Å². The second kappa shape index (κ2) is 8.46. The summed E-state index contributed by atoms with van der Waals surface area (Å²) in [6.07, 6.45) is 10.9. The number of rotatable bonds is 6. The third-order valence-corrected chi connectivity index (χ3v) is 4.64. The molecule has 1 aliphatic carbocycles. The van der Waals surface area contributed by atoms with E-state index in [1.807, 2.05) is 0 Å². The van der Waals surface area contributed by atoms with Crippen molar-refractivity contribution in [3.05, 3.63) is 35.4 Å². The molecular weight excluding hydrogens is 242 g/mol. The molecule has 0 heterocycles. The minimum atomic E-state index is 0.565. The number of nitrogens with one attached hydrogen (secondary N) is 1. The molecular formula is C19H31N. The van der Waals surface area contributed by atoms with Crippen molar-refractivity contribution in [2.45, 2.75) is 71.3 Å². The van der Waals surface area contributed by atoms with E-state index in [0.717, 1.165) is 12.5 Å². The molecule has 0 spiro atoms. The first-order valence-electron chi connectivity index (χ1n) is 8.67. The molecule has 1 N–H and O–H groups in total. The van der Waals surface area contributed by atoms with Crippen LogP contribution in [0.4, 0.5) is 0 Å². The molecule has 0 saturated heterocycles. The van der Waals surface area contributed by atoms with Crippen LogP contribution in [-0.2, 0) is 6.42 Å². The van der Waals surface area contributed by atoms with Crippen molar-refractivity contribution in [1.29, 1.82) is 0 Å². The van der Waals surface area contributed by atoms with Gasteiger partial charge in [0.15, 0.2) is 0 Å². The van der Waals surface area contributed by atoms with E-state index in [-0.39, 0.29) is 0 Å². The molecule has 0 radical (unpaired) electrons. The van der Waals surface area contributed by atoms with Crippen LogP contribution in [0.5, 0.6) is 0 Å². The third kappa shape index (κ3) is 4.34. The second-order valence-electron chi connectivity index (χ2n) is 6.28. The Morgan fingerprint density at radius 1 is 1.10 bits per heavy atom. The van der Waals surface area contributed by atoms with Crippen molar-refractivity contribution in [3.8, 4) is 0 Å². The van der Waals surface area contributed by atoms with Crippen molar-refractivity contribution < 1.29 is 0 Å².